The van der Waals surface area contributed by atoms with Gasteiger partial charge in [0.25, 0.3) is 0 Å². The number of hydrogen-bond donors (Lipinski definition) is 2. The SMILES string of the molecule is CCNC(=NCc1oc2ccccc2c1C)NCC1CCN(Cc2nc(C)c(C)o2)CC1. The number of rotatable bonds is 7. The zero-order chi connectivity index (χ0) is 22.5. The largest absolute Gasteiger partial charge is 0.459 e. The summed E-state index contributed by atoms with van der Waals surface area (Å²) in [5.74, 6) is 4.16. The van der Waals surface area contributed by atoms with Gasteiger partial charge >= 0.3 is 0 Å². The summed E-state index contributed by atoms with van der Waals surface area (Å²) in [5, 5.41) is 8.06. The highest BCUT2D eigenvalue weighted by Crippen LogP contribution is 2.25. The van der Waals surface area contributed by atoms with E-state index in [1.54, 1.807) is 0 Å². The van der Waals surface area contributed by atoms with Crippen molar-refractivity contribution in [2.75, 3.05) is 26.2 Å². The molecule has 0 bridgehead atoms. The first-order chi connectivity index (χ1) is 15.5. The van der Waals surface area contributed by atoms with Crippen LogP contribution in [0.1, 0.15) is 48.4 Å². The summed E-state index contributed by atoms with van der Waals surface area (Å²) in [7, 11) is 0. The first-order valence-electron chi connectivity index (χ1n) is 11.7. The molecule has 0 amide bonds. The van der Waals surface area contributed by atoms with Crippen LogP contribution in [0.5, 0.6) is 0 Å². The molecule has 0 atom stereocenters. The van der Waals surface area contributed by atoms with Crippen molar-refractivity contribution >= 4 is 16.9 Å². The van der Waals surface area contributed by atoms with Crippen molar-refractivity contribution in [1.82, 2.24) is 20.5 Å². The minimum absolute atomic E-state index is 0.531. The maximum Gasteiger partial charge on any atom is 0.208 e. The summed E-state index contributed by atoms with van der Waals surface area (Å²) in [6.45, 7) is 13.4. The lowest BCUT2D eigenvalue weighted by Gasteiger charge is -2.31. The Hall–Kier alpha value is -2.80. The minimum atomic E-state index is 0.531. The first-order valence-corrected chi connectivity index (χ1v) is 11.7. The molecule has 0 saturated carbocycles. The monoisotopic (exact) mass is 437 g/mol. The van der Waals surface area contributed by atoms with Gasteiger partial charge in [0, 0.05) is 24.0 Å². The van der Waals surface area contributed by atoms with E-state index in [9.17, 15) is 0 Å². The fourth-order valence-corrected chi connectivity index (χ4v) is 4.26. The Bertz CT molecular complexity index is 1040. The molecule has 0 unspecified atom stereocenters. The van der Waals surface area contributed by atoms with E-state index < -0.39 is 0 Å². The molecular weight excluding hydrogens is 402 g/mol. The molecule has 32 heavy (non-hydrogen) atoms. The number of furan rings is 1. The van der Waals surface area contributed by atoms with Gasteiger partial charge < -0.3 is 19.5 Å². The second kappa shape index (κ2) is 10.2. The van der Waals surface area contributed by atoms with Gasteiger partial charge in [-0.1, -0.05) is 18.2 Å². The van der Waals surface area contributed by atoms with Crippen LogP contribution in [0.15, 0.2) is 38.1 Å². The molecule has 1 aromatic carbocycles. The number of hydrogen-bond acceptors (Lipinski definition) is 5. The quantitative estimate of drug-likeness (QED) is 0.424. The predicted molar refractivity (Wildman–Crippen MR) is 128 cm³/mol. The molecule has 3 heterocycles. The van der Waals surface area contributed by atoms with Crippen LogP contribution in [0.3, 0.4) is 0 Å². The average Bonchev–Trinajstić information content (AvgIpc) is 3.29. The normalized spacial score (nSPS) is 16.1. The minimum Gasteiger partial charge on any atom is -0.459 e. The molecular formula is C25H35N5O2. The third kappa shape index (κ3) is 5.33. The molecule has 7 heteroatoms. The lowest BCUT2D eigenvalue weighted by atomic mass is 9.97. The van der Waals surface area contributed by atoms with Gasteiger partial charge in [-0.15, -0.1) is 0 Å². The van der Waals surface area contributed by atoms with Gasteiger partial charge in [-0.05, 0) is 65.6 Å². The van der Waals surface area contributed by atoms with E-state index >= 15 is 0 Å². The van der Waals surface area contributed by atoms with E-state index in [4.69, 9.17) is 13.8 Å². The number of guanidine groups is 1. The highest BCUT2D eigenvalue weighted by atomic mass is 16.4. The van der Waals surface area contributed by atoms with E-state index in [0.717, 1.165) is 85.6 Å². The second-order valence-corrected chi connectivity index (χ2v) is 8.69. The number of aromatic nitrogens is 1. The number of nitrogens with zero attached hydrogens (tertiary/aromatic N) is 3. The van der Waals surface area contributed by atoms with Gasteiger partial charge in [-0.2, -0.15) is 0 Å². The molecule has 172 valence electrons. The van der Waals surface area contributed by atoms with E-state index in [1.807, 2.05) is 32.0 Å². The summed E-state index contributed by atoms with van der Waals surface area (Å²) in [5.41, 5.74) is 3.09. The maximum atomic E-state index is 6.01. The smallest absolute Gasteiger partial charge is 0.208 e. The van der Waals surface area contributed by atoms with E-state index in [-0.39, 0.29) is 0 Å². The van der Waals surface area contributed by atoms with Gasteiger partial charge in [0.05, 0.1) is 12.2 Å². The van der Waals surface area contributed by atoms with Gasteiger partial charge in [0.1, 0.15) is 23.6 Å². The Morgan fingerprint density at radius 2 is 1.91 bits per heavy atom. The maximum absolute atomic E-state index is 6.01. The molecule has 0 aliphatic carbocycles. The Balaban J connectivity index is 1.27. The highest BCUT2D eigenvalue weighted by Gasteiger charge is 2.21. The summed E-state index contributed by atoms with van der Waals surface area (Å²) < 4.78 is 11.8. The van der Waals surface area contributed by atoms with Crippen LogP contribution in [-0.4, -0.2) is 42.0 Å². The number of para-hydroxylation sites is 1. The number of nitrogens with one attached hydrogen (secondary N) is 2. The Kier molecular flexibility index (Phi) is 7.15. The standard InChI is InChI=1S/C25H35N5O2/c1-5-26-25(28-15-23-17(2)21-8-6-7-9-22(21)32-23)27-14-20-10-12-30(13-11-20)16-24-29-18(3)19(4)31-24/h6-9,20H,5,10-16H2,1-4H3,(H2,26,27,28). The van der Waals surface area contributed by atoms with Gasteiger partial charge in [-0.3, -0.25) is 4.90 Å². The Labute approximate surface area is 190 Å². The third-order valence-electron chi connectivity index (χ3n) is 6.36. The van der Waals surface area contributed by atoms with Gasteiger partial charge in [0.15, 0.2) is 5.96 Å². The molecule has 3 aromatic rings. The van der Waals surface area contributed by atoms with Crippen molar-refractivity contribution in [3.8, 4) is 0 Å². The van der Waals surface area contributed by atoms with Crippen molar-refractivity contribution in [3.63, 3.8) is 0 Å². The fourth-order valence-electron chi connectivity index (χ4n) is 4.26. The van der Waals surface area contributed by atoms with Crippen LogP contribution in [0.2, 0.25) is 0 Å². The molecule has 1 aliphatic heterocycles. The molecule has 2 N–H and O–H groups in total. The fraction of sp³-hybridized carbons (Fsp3) is 0.520. The van der Waals surface area contributed by atoms with Crippen LogP contribution >= 0.6 is 0 Å². The van der Waals surface area contributed by atoms with Crippen molar-refractivity contribution < 1.29 is 8.83 Å². The van der Waals surface area contributed by atoms with Gasteiger partial charge in [0.2, 0.25) is 5.89 Å². The second-order valence-electron chi connectivity index (χ2n) is 8.69. The Morgan fingerprint density at radius 3 is 2.59 bits per heavy atom. The number of oxazole rings is 1. The molecule has 0 radical (unpaired) electrons. The number of likely N-dealkylation sites (tertiary alicyclic amines) is 1. The zero-order valence-electron chi connectivity index (χ0n) is 19.7. The van der Waals surface area contributed by atoms with E-state index in [2.05, 4.69) is 40.4 Å². The van der Waals surface area contributed by atoms with Crippen molar-refractivity contribution in [2.24, 2.45) is 10.9 Å². The summed E-state index contributed by atoms with van der Waals surface area (Å²) in [6, 6.07) is 8.15. The number of fused-ring (bicyclic) bond motifs is 1. The molecule has 0 spiro atoms. The summed E-state index contributed by atoms with van der Waals surface area (Å²) in [6.07, 6.45) is 2.32. The van der Waals surface area contributed by atoms with Gasteiger partial charge in [-0.25, -0.2) is 9.98 Å². The average molecular weight is 438 g/mol. The van der Waals surface area contributed by atoms with Crippen LogP contribution < -0.4 is 10.6 Å². The topological polar surface area (TPSA) is 78.8 Å². The number of aryl methyl sites for hydroxylation is 3. The molecule has 7 nitrogen and oxygen atoms in total. The van der Waals surface area contributed by atoms with Crippen molar-refractivity contribution in [3.05, 3.63) is 52.9 Å². The molecule has 1 saturated heterocycles. The zero-order valence-corrected chi connectivity index (χ0v) is 19.7. The third-order valence-corrected chi connectivity index (χ3v) is 6.36. The summed E-state index contributed by atoms with van der Waals surface area (Å²) in [4.78, 5) is 11.7. The lowest BCUT2D eigenvalue weighted by molar-refractivity contribution is 0.164. The number of aliphatic imine (C=N–C) groups is 1. The Morgan fingerprint density at radius 1 is 1.12 bits per heavy atom. The summed E-state index contributed by atoms with van der Waals surface area (Å²) >= 11 is 0. The predicted octanol–water partition coefficient (Wildman–Crippen LogP) is 4.31. The van der Waals surface area contributed by atoms with E-state index in [0.29, 0.717) is 12.5 Å². The lowest BCUT2D eigenvalue weighted by Crippen LogP contribution is -2.42. The van der Waals surface area contributed by atoms with Crippen LogP contribution in [0, 0.1) is 26.7 Å². The molecule has 1 aliphatic rings. The van der Waals surface area contributed by atoms with Crippen LogP contribution in [0.4, 0.5) is 0 Å². The highest BCUT2D eigenvalue weighted by molar-refractivity contribution is 5.82. The number of piperidine rings is 1. The number of benzene rings is 1. The molecule has 4 rings (SSSR count). The first kappa shape index (κ1) is 22.4. The van der Waals surface area contributed by atoms with Crippen LogP contribution in [-0.2, 0) is 13.1 Å². The van der Waals surface area contributed by atoms with Crippen LogP contribution in [0.25, 0.3) is 11.0 Å². The van der Waals surface area contributed by atoms with E-state index in [1.165, 1.54) is 5.56 Å². The molecule has 2 aromatic heterocycles. The molecule has 1 fully saturated rings. The van der Waals surface area contributed by atoms with Crippen molar-refractivity contribution in [1.29, 1.82) is 0 Å². The van der Waals surface area contributed by atoms with Crippen molar-refractivity contribution in [2.45, 2.75) is 53.6 Å².